The van der Waals surface area contributed by atoms with Crippen LogP contribution in [0, 0.1) is 6.92 Å². The van der Waals surface area contributed by atoms with Crippen LogP contribution in [0.5, 0.6) is 0 Å². The first kappa shape index (κ1) is 12.7. The topological polar surface area (TPSA) is 60.9 Å². The van der Waals surface area contributed by atoms with Crippen molar-refractivity contribution in [1.29, 1.82) is 0 Å². The molecule has 0 saturated carbocycles. The quantitative estimate of drug-likeness (QED) is 0.699. The highest BCUT2D eigenvalue weighted by atomic mass is 35.5. The zero-order chi connectivity index (χ0) is 14.3. The highest BCUT2D eigenvalue weighted by molar-refractivity contribution is 6.31. The molecule has 5 heteroatoms. The Labute approximate surface area is 120 Å². The highest BCUT2D eigenvalue weighted by Crippen LogP contribution is 2.17. The molecule has 0 fully saturated rings. The summed E-state index contributed by atoms with van der Waals surface area (Å²) in [4.78, 5) is 17.1. The lowest BCUT2D eigenvalue weighted by Gasteiger charge is -2.11. The van der Waals surface area contributed by atoms with Crippen molar-refractivity contribution in [2.45, 2.75) is 6.92 Å². The van der Waals surface area contributed by atoms with Crippen LogP contribution in [0.15, 0.2) is 47.3 Å². The third-order valence-electron chi connectivity index (χ3n) is 3.15. The molecule has 1 aromatic heterocycles. The van der Waals surface area contributed by atoms with E-state index in [4.69, 9.17) is 17.3 Å². The van der Waals surface area contributed by atoms with E-state index in [9.17, 15) is 4.79 Å². The summed E-state index contributed by atoms with van der Waals surface area (Å²) in [5, 5.41) is 1.02. The Bertz CT molecular complexity index is 853. The molecule has 20 heavy (non-hydrogen) atoms. The molecule has 0 spiro atoms. The molecule has 0 bridgehead atoms. The van der Waals surface area contributed by atoms with Crippen molar-refractivity contribution in [2.75, 3.05) is 5.73 Å². The second-order valence-electron chi connectivity index (χ2n) is 4.55. The largest absolute Gasteiger partial charge is 0.399 e. The van der Waals surface area contributed by atoms with Crippen molar-refractivity contribution in [2.24, 2.45) is 0 Å². The summed E-state index contributed by atoms with van der Waals surface area (Å²) in [5.41, 5.74) is 7.56. The molecule has 1 heterocycles. The van der Waals surface area contributed by atoms with Crippen molar-refractivity contribution in [3.8, 4) is 5.69 Å². The van der Waals surface area contributed by atoms with Gasteiger partial charge in [-0.3, -0.25) is 9.36 Å². The molecule has 0 unspecified atom stereocenters. The Balaban J connectivity index is 2.36. The van der Waals surface area contributed by atoms with Crippen molar-refractivity contribution in [3.05, 3.63) is 63.7 Å². The zero-order valence-corrected chi connectivity index (χ0v) is 11.6. The Morgan fingerprint density at radius 1 is 1.15 bits per heavy atom. The molecule has 0 radical (unpaired) electrons. The Morgan fingerprint density at radius 2 is 1.85 bits per heavy atom. The second-order valence-corrected chi connectivity index (χ2v) is 4.99. The number of benzene rings is 2. The van der Waals surface area contributed by atoms with Gasteiger partial charge in [-0.2, -0.15) is 0 Å². The number of nitrogens with two attached hydrogens (primary N) is 1. The van der Waals surface area contributed by atoms with Crippen molar-refractivity contribution in [1.82, 2.24) is 9.55 Å². The molecule has 0 aliphatic carbocycles. The third-order valence-corrected chi connectivity index (χ3v) is 3.38. The average molecular weight is 286 g/mol. The fourth-order valence-corrected chi connectivity index (χ4v) is 2.37. The predicted molar refractivity (Wildman–Crippen MR) is 81.5 cm³/mol. The molecule has 2 aromatic carbocycles. The lowest BCUT2D eigenvalue weighted by molar-refractivity contribution is 0.895. The monoisotopic (exact) mass is 285 g/mol. The Kier molecular flexibility index (Phi) is 2.95. The molecule has 3 rings (SSSR count). The van der Waals surface area contributed by atoms with Crippen LogP contribution in [0.2, 0.25) is 5.02 Å². The normalized spacial score (nSPS) is 10.9. The first-order chi connectivity index (χ1) is 9.56. The molecule has 0 aliphatic heterocycles. The summed E-state index contributed by atoms with van der Waals surface area (Å²) in [6, 6.07) is 12.2. The summed E-state index contributed by atoms with van der Waals surface area (Å²) >= 11 is 5.96. The Morgan fingerprint density at radius 3 is 2.55 bits per heavy atom. The second kappa shape index (κ2) is 4.65. The molecule has 0 amide bonds. The number of halogens is 1. The lowest BCUT2D eigenvalue weighted by Crippen LogP contribution is -2.22. The van der Waals surface area contributed by atoms with Crippen molar-refractivity contribution in [3.63, 3.8) is 0 Å². The molecule has 100 valence electrons. The van der Waals surface area contributed by atoms with Gasteiger partial charge in [-0.1, -0.05) is 11.6 Å². The highest BCUT2D eigenvalue weighted by Gasteiger charge is 2.10. The van der Waals surface area contributed by atoms with E-state index in [1.54, 1.807) is 54.0 Å². The standard InChI is InChI=1S/C15H12ClN3O/c1-9-18-14-7-2-10(16)8-13(14)15(20)19(9)12-5-3-11(17)4-6-12/h2-8H,17H2,1H3. The van der Waals surface area contributed by atoms with E-state index >= 15 is 0 Å². The summed E-state index contributed by atoms with van der Waals surface area (Å²) in [5.74, 6) is 0.620. The van der Waals surface area contributed by atoms with E-state index in [-0.39, 0.29) is 5.56 Å². The van der Waals surface area contributed by atoms with E-state index in [2.05, 4.69) is 4.98 Å². The zero-order valence-electron chi connectivity index (χ0n) is 10.8. The number of hydrogen-bond acceptors (Lipinski definition) is 3. The van der Waals surface area contributed by atoms with Gasteiger partial charge in [0.15, 0.2) is 0 Å². The van der Waals surface area contributed by atoms with Crippen molar-refractivity contribution < 1.29 is 0 Å². The Hall–Kier alpha value is -2.33. The molecular formula is C15H12ClN3O. The van der Waals surface area contributed by atoms with Gasteiger partial charge in [0.25, 0.3) is 5.56 Å². The molecule has 0 aliphatic rings. The number of anilines is 1. The predicted octanol–water partition coefficient (Wildman–Crippen LogP) is 2.93. The summed E-state index contributed by atoms with van der Waals surface area (Å²) in [6.45, 7) is 1.80. The smallest absolute Gasteiger partial charge is 0.266 e. The molecule has 0 saturated heterocycles. The summed E-state index contributed by atoms with van der Waals surface area (Å²) in [6.07, 6.45) is 0. The first-order valence-electron chi connectivity index (χ1n) is 6.11. The third kappa shape index (κ3) is 2.04. The van der Waals surface area contributed by atoms with E-state index in [1.165, 1.54) is 0 Å². The van der Waals surface area contributed by atoms with Crippen LogP contribution < -0.4 is 11.3 Å². The first-order valence-corrected chi connectivity index (χ1v) is 6.49. The fourth-order valence-electron chi connectivity index (χ4n) is 2.20. The van der Waals surface area contributed by atoms with Gasteiger partial charge in [-0.05, 0) is 49.4 Å². The van der Waals surface area contributed by atoms with Gasteiger partial charge in [0.1, 0.15) is 5.82 Å². The lowest BCUT2D eigenvalue weighted by atomic mass is 10.2. The number of hydrogen-bond donors (Lipinski definition) is 1. The number of rotatable bonds is 1. The van der Waals surface area contributed by atoms with Gasteiger partial charge < -0.3 is 5.73 Å². The minimum absolute atomic E-state index is 0.139. The van der Waals surface area contributed by atoms with Crippen LogP contribution in [-0.4, -0.2) is 9.55 Å². The van der Waals surface area contributed by atoms with Gasteiger partial charge in [-0.25, -0.2) is 4.98 Å². The van der Waals surface area contributed by atoms with Crippen LogP contribution in [0.4, 0.5) is 5.69 Å². The van der Waals surface area contributed by atoms with Gasteiger partial charge in [-0.15, -0.1) is 0 Å². The summed E-state index contributed by atoms with van der Waals surface area (Å²) < 4.78 is 1.55. The van der Waals surface area contributed by atoms with Crippen LogP contribution in [0.1, 0.15) is 5.82 Å². The minimum atomic E-state index is -0.139. The molecule has 0 atom stereocenters. The maximum Gasteiger partial charge on any atom is 0.266 e. The number of nitrogen functional groups attached to an aromatic ring is 1. The van der Waals surface area contributed by atoms with Gasteiger partial charge in [0.2, 0.25) is 0 Å². The SMILES string of the molecule is Cc1nc2ccc(Cl)cc2c(=O)n1-c1ccc(N)cc1. The number of aromatic nitrogens is 2. The van der Waals surface area contributed by atoms with Crippen LogP contribution in [0.3, 0.4) is 0 Å². The molecule has 2 N–H and O–H groups in total. The van der Waals surface area contributed by atoms with Gasteiger partial charge in [0.05, 0.1) is 16.6 Å². The minimum Gasteiger partial charge on any atom is -0.399 e. The maximum absolute atomic E-state index is 12.6. The molecule has 4 nitrogen and oxygen atoms in total. The number of fused-ring (bicyclic) bond motifs is 1. The maximum atomic E-state index is 12.6. The number of nitrogens with zero attached hydrogens (tertiary/aromatic N) is 2. The van der Waals surface area contributed by atoms with Gasteiger partial charge >= 0.3 is 0 Å². The van der Waals surface area contributed by atoms with Crippen LogP contribution >= 0.6 is 11.6 Å². The van der Waals surface area contributed by atoms with Gasteiger partial charge in [0, 0.05) is 10.7 Å². The fraction of sp³-hybridized carbons (Fsp3) is 0.0667. The van der Waals surface area contributed by atoms with E-state index in [0.717, 1.165) is 5.69 Å². The average Bonchev–Trinajstić information content (AvgIpc) is 2.42. The van der Waals surface area contributed by atoms with Crippen LogP contribution in [-0.2, 0) is 0 Å². The molecule has 3 aromatic rings. The number of aryl methyl sites for hydroxylation is 1. The van der Waals surface area contributed by atoms with E-state index in [0.29, 0.717) is 27.4 Å². The van der Waals surface area contributed by atoms with Crippen molar-refractivity contribution >= 4 is 28.2 Å². The van der Waals surface area contributed by atoms with E-state index < -0.39 is 0 Å². The summed E-state index contributed by atoms with van der Waals surface area (Å²) in [7, 11) is 0. The molecular weight excluding hydrogens is 274 g/mol. The van der Waals surface area contributed by atoms with E-state index in [1.807, 2.05) is 0 Å². The van der Waals surface area contributed by atoms with Crippen LogP contribution in [0.25, 0.3) is 16.6 Å².